The summed E-state index contributed by atoms with van der Waals surface area (Å²) in [6.07, 6.45) is 1.86. The summed E-state index contributed by atoms with van der Waals surface area (Å²) in [5.41, 5.74) is 7.54. The van der Waals surface area contributed by atoms with Gasteiger partial charge in [-0.05, 0) is 6.07 Å². The smallest absolute Gasteiger partial charge is 0.153 e. The third-order valence-corrected chi connectivity index (χ3v) is 2.35. The van der Waals surface area contributed by atoms with Crippen LogP contribution in [0, 0.1) is 0 Å². The summed E-state index contributed by atoms with van der Waals surface area (Å²) in [5, 5.41) is 4.75. The summed E-state index contributed by atoms with van der Waals surface area (Å²) in [7, 11) is 1.83. The first-order valence-electron chi connectivity index (χ1n) is 4.22. The lowest BCUT2D eigenvalue weighted by atomic mass is 10.1. The Morgan fingerprint density at radius 1 is 1.29 bits per heavy atom. The summed E-state index contributed by atoms with van der Waals surface area (Å²) >= 11 is 6.05. The number of nitrogens with two attached hydrogens (primary N) is 1. The Morgan fingerprint density at radius 3 is 2.57 bits per heavy atom. The van der Waals surface area contributed by atoms with E-state index in [0.717, 1.165) is 11.1 Å². The largest absolute Gasteiger partial charge is 0.382 e. The van der Waals surface area contributed by atoms with Gasteiger partial charge in [-0.25, -0.2) is 0 Å². The van der Waals surface area contributed by atoms with Crippen molar-refractivity contribution in [3.05, 3.63) is 35.5 Å². The second-order valence-electron chi connectivity index (χ2n) is 3.08. The van der Waals surface area contributed by atoms with Crippen LogP contribution in [0.15, 0.2) is 30.5 Å². The van der Waals surface area contributed by atoms with Crippen LogP contribution in [-0.2, 0) is 7.05 Å². The monoisotopic (exact) mass is 207 g/mol. The Hall–Kier alpha value is -1.48. The predicted octanol–water partition coefficient (Wildman–Crippen LogP) is 2.32. The number of halogens is 1. The molecule has 0 aliphatic heterocycles. The van der Waals surface area contributed by atoms with E-state index in [9.17, 15) is 0 Å². The Morgan fingerprint density at radius 2 is 2.00 bits per heavy atom. The maximum atomic E-state index is 6.05. The standard InChI is InChI=1S/C10H10ClN3/c1-14-6-8(10(12)13-14)7-4-2-3-5-9(7)11/h2-6H,1H3,(H2,12,13). The van der Waals surface area contributed by atoms with E-state index in [2.05, 4.69) is 5.10 Å². The van der Waals surface area contributed by atoms with Gasteiger partial charge in [0.15, 0.2) is 5.82 Å². The molecule has 0 atom stereocenters. The van der Waals surface area contributed by atoms with E-state index in [1.54, 1.807) is 4.68 Å². The molecule has 0 aliphatic rings. The Bertz CT molecular complexity index is 462. The first-order valence-corrected chi connectivity index (χ1v) is 4.60. The molecule has 2 N–H and O–H groups in total. The molecule has 0 bridgehead atoms. The van der Waals surface area contributed by atoms with Gasteiger partial charge in [0.25, 0.3) is 0 Å². The lowest BCUT2D eigenvalue weighted by Crippen LogP contribution is -1.90. The first kappa shape index (κ1) is 9.09. The summed E-state index contributed by atoms with van der Waals surface area (Å²) in [4.78, 5) is 0. The van der Waals surface area contributed by atoms with Gasteiger partial charge in [0.1, 0.15) is 0 Å². The number of aromatic nitrogens is 2. The fourth-order valence-electron chi connectivity index (χ4n) is 1.39. The van der Waals surface area contributed by atoms with E-state index in [4.69, 9.17) is 17.3 Å². The molecule has 1 aromatic heterocycles. The van der Waals surface area contributed by atoms with Crippen LogP contribution in [0.5, 0.6) is 0 Å². The number of anilines is 1. The van der Waals surface area contributed by atoms with Crippen molar-refractivity contribution in [2.45, 2.75) is 0 Å². The van der Waals surface area contributed by atoms with Gasteiger partial charge in [-0.15, -0.1) is 0 Å². The summed E-state index contributed by atoms with van der Waals surface area (Å²) in [5.74, 6) is 0.501. The van der Waals surface area contributed by atoms with Crippen molar-refractivity contribution in [3.8, 4) is 11.1 Å². The maximum Gasteiger partial charge on any atom is 0.153 e. The molecule has 72 valence electrons. The average Bonchev–Trinajstić information content (AvgIpc) is 2.46. The number of nitrogen functional groups attached to an aromatic ring is 1. The Kier molecular flexibility index (Phi) is 2.17. The van der Waals surface area contributed by atoms with Crippen LogP contribution < -0.4 is 5.73 Å². The topological polar surface area (TPSA) is 43.8 Å². The van der Waals surface area contributed by atoms with Gasteiger partial charge < -0.3 is 5.73 Å². The summed E-state index contributed by atoms with van der Waals surface area (Å²) in [6, 6.07) is 7.57. The maximum absolute atomic E-state index is 6.05. The summed E-state index contributed by atoms with van der Waals surface area (Å²) in [6.45, 7) is 0. The van der Waals surface area contributed by atoms with Crippen molar-refractivity contribution in [1.29, 1.82) is 0 Å². The minimum atomic E-state index is 0.501. The molecule has 4 heteroatoms. The highest BCUT2D eigenvalue weighted by atomic mass is 35.5. The molecule has 2 rings (SSSR count). The number of benzene rings is 1. The zero-order valence-corrected chi connectivity index (χ0v) is 8.49. The molecular formula is C10H10ClN3. The van der Waals surface area contributed by atoms with Crippen molar-refractivity contribution >= 4 is 17.4 Å². The van der Waals surface area contributed by atoms with E-state index in [1.165, 1.54) is 0 Å². The van der Waals surface area contributed by atoms with Crippen molar-refractivity contribution in [2.75, 3.05) is 5.73 Å². The SMILES string of the molecule is Cn1cc(-c2ccccc2Cl)c(N)n1. The van der Waals surface area contributed by atoms with Crippen molar-refractivity contribution in [1.82, 2.24) is 9.78 Å². The highest BCUT2D eigenvalue weighted by molar-refractivity contribution is 6.33. The molecule has 0 saturated heterocycles. The van der Waals surface area contributed by atoms with Crippen LogP contribution in [0.4, 0.5) is 5.82 Å². The number of rotatable bonds is 1. The number of aryl methyl sites for hydroxylation is 1. The molecule has 0 spiro atoms. The third-order valence-electron chi connectivity index (χ3n) is 2.02. The van der Waals surface area contributed by atoms with Gasteiger partial charge in [-0.2, -0.15) is 5.10 Å². The fourth-order valence-corrected chi connectivity index (χ4v) is 1.63. The van der Waals surface area contributed by atoms with Gasteiger partial charge in [-0.3, -0.25) is 4.68 Å². The molecule has 1 aromatic carbocycles. The normalized spacial score (nSPS) is 10.4. The Labute approximate surface area is 87.1 Å². The predicted molar refractivity (Wildman–Crippen MR) is 58.1 cm³/mol. The fraction of sp³-hybridized carbons (Fsp3) is 0.100. The van der Waals surface area contributed by atoms with Crippen molar-refractivity contribution in [2.24, 2.45) is 7.05 Å². The molecular weight excluding hydrogens is 198 g/mol. The van der Waals surface area contributed by atoms with Gasteiger partial charge >= 0.3 is 0 Å². The van der Waals surface area contributed by atoms with Gasteiger partial charge in [0, 0.05) is 29.4 Å². The van der Waals surface area contributed by atoms with Crippen LogP contribution in [-0.4, -0.2) is 9.78 Å². The van der Waals surface area contributed by atoms with E-state index in [0.29, 0.717) is 10.8 Å². The number of hydrogen-bond acceptors (Lipinski definition) is 2. The highest BCUT2D eigenvalue weighted by Gasteiger charge is 2.09. The second kappa shape index (κ2) is 3.35. The molecule has 14 heavy (non-hydrogen) atoms. The van der Waals surface area contributed by atoms with Gasteiger partial charge in [0.2, 0.25) is 0 Å². The second-order valence-corrected chi connectivity index (χ2v) is 3.49. The molecule has 0 fully saturated rings. The number of nitrogens with zero attached hydrogens (tertiary/aromatic N) is 2. The molecule has 0 unspecified atom stereocenters. The zero-order valence-electron chi connectivity index (χ0n) is 7.74. The van der Waals surface area contributed by atoms with Crippen molar-refractivity contribution < 1.29 is 0 Å². The molecule has 2 aromatic rings. The summed E-state index contributed by atoms with van der Waals surface area (Å²) < 4.78 is 1.67. The molecule has 0 aliphatic carbocycles. The van der Waals surface area contributed by atoms with E-state index >= 15 is 0 Å². The third kappa shape index (κ3) is 1.46. The highest BCUT2D eigenvalue weighted by Crippen LogP contribution is 2.30. The van der Waals surface area contributed by atoms with Gasteiger partial charge in [-0.1, -0.05) is 29.8 Å². The molecule has 0 saturated carbocycles. The molecule has 1 heterocycles. The minimum absolute atomic E-state index is 0.501. The minimum Gasteiger partial charge on any atom is -0.382 e. The zero-order chi connectivity index (χ0) is 10.1. The quantitative estimate of drug-likeness (QED) is 0.780. The first-order chi connectivity index (χ1) is 6.68. The Balaban J connectivity index is 2.60. The van der Waals surface area contributed by atoms with Crippen LogP contribution in [0.3, 0.4) is 0 Å². The van der Waals surface area contributed by atoms with E-state index < -0.39 is 0 Å². The molecule has 0 amide bonds. The lowest BCUT2D eigenvalue weighted by molar-refractivity contribution is 0.772. The van der Waals surface area contributed by atoms with Crippen LogP contribution in [0.25, 0.3) is 11.1 Å². The number of hydrogen-bond donors (Lipinski definition) is 1. The van der Waals surface area contributed by atoms with Crippen molar-refractivity contribution in [3.63, 3.8) is 0 Å². The van der Waals surface area contributed by atoms with Gasteiger partial charge in [0.05, 0.1) is 0 Å². The average molecular weight is 208 g/mol. The van der Waals surface area contributed by atoms with E-state index in [1.807, 2.05) is 37.5 Å². The molecule has 0 radical (unpaired) electrons. The molecule has 3 nitrogen and oxygen atoms in total. The lowest BCUT2D eigenvalue weighted by Gasteiger charge is -2.00. The van der Waals surface area contributed by atoms with Crippen LogP contribution in [0.1, 0.15) is 0 Å². The van der Waals surface area contributed by atoms with Crippen LogP contribution in [0.2, 0.25) is 5.02 Å². The van der Waals surface area contributed by atoms with E-state index in [-0.39, 0.29) is 0 Å². The van der Waals surface area contributed by atoms with Crippen LogP contribution >= 0.6 is 11.6 Å².